The van der Waals surface area contributed by atoms with Crippen LogP contribution in [0.1, 0.15) is 17.5 Å². The third kappa shape index (κ3) is 3.36. The largest absolute Gasteiger partial charge is 0.478 e. The number of aliphatic carboxylic acids is 1. The zero-order valence-electron chi connectivity index (χ0n) is 9.27. The van der Waals surface area contributed by atoms with Gasteiger partial charge in [0.25, 0.3) is 0 Å². The molecule has 17 heavy (non-hydrogen) atoms. The van der Waals surface area contributed by atoms with Crippen LogP contribution in [0.2, 0.25) is 0 Å². The van der Waals surface area contributed by atoms with Gasteiger partial charge >= 0.3 is 5.97 Å². The summed E-state index contributed by atoms with van der Waals surface area (Å²) in [6.07, 6.45) is 4.64. The zero-order chi connectivity index (χ0) is 11.5. The van der Waals surface area contributed by atoms with Gasteiger partial charge in [0.05, 0.1) is 0 Å². The highest BCUT2D eigenvalue weighted by molar-refractivity contribution is 5.85. The van der Waals surface area contributed by atoms with Crippen LogP contribution in [0.5, 0.6) is 0 Å². The Bertz CT molecular complexity index is 480. The molecule has 1 heterocycles. The molecule has 0 spiro atoms. The van der Waals surface area contributed by atoms with E-state index >= 15 is 0 Å². The minimum Gasteiger partial charge on any atom is -0.478 e. The molecule has 0 aliphatic carbocycles. The van der Waals surface area contributed by atoms with Crippen molar-refractivity contribution in [1.29, 1.82) is 0 Å². The second-order valence-corrected chi connectivity index (χ2v) is 3.82. The first kappa shape index (κ1) is 13.3. The van der Waals surface area contributed by atoms with Gasteiger partial charge in [-0.1, -0.05) is 12.6 Å². The molecule has 1 aromatic carbocycles. The molecule has 1 aliphatic rings. The monoisotopic (exact) mass is 251 g/mol. The first-order valence-electron chi connectivity index (χ1n) is 5.14. The third-order valence-corrected chi connectivity index (χ3v) is 2.56. The number of carboxylic acids is 1. The van der Waals surface area contributed by atoms with E-state index in [1.54, 1.807) is 6.08 Å². The number of nitrogens with one attached hydrogen (secondary N) is 1. The molecular weight excluding hydrogens is 238 g/mol. The Balaban J connectivity index is 0.00000144. The highest BCUT2D eigenvalue weighted by Crippen LogP contribution is 2.27. The maximum absolute atomic E-state index is 10.4. The smallest absolute Gasteiger partial charge is 0.328 e. The van der Waals surface area contributed by atoms with Crippen LogP contribution in [0.4, 0.5) is 5.69 Å². The third-order valence-electron chi connectivity index (χ3n) is 2.56. The van der Waals surface area contributed by atoms with Gasteiger partial charge in [-0.25, -0.2) is 4.79 Å². The molecule has 0 amide bonds. The minimum absolute atomic E-state index is 0. The molecule has 3 nitrogen and oxygen atoms in total. The van der Waals surface area contributed by atoms with Crippen LogP contribution < -0.4 is 5.32 Å². The maximum Gasteiger partial charge on any atom is 0.328 e. The molecule has 0 atom stereocenters. The predicted molar refractivity (Wildman–Crippen MR) is 71.4 cm³/mol. The van der Waals surface area contributed by atoms with Crippen LogP contribution in [-0.2, 0) is 11.2 Å². The number of rotatable bonds is 2. The van der Waals surface area contributed by atoms with Crippen LogP contribution in [-0.4, -0.2) is 11.1 Å². The van der Waals surface area contributed by atoms with Crippen molar-refractivity contribution < 1.29 is 9.90 Å². The second kappa shape index (κ2) is 5.55. The number of fused-ring (bicyclic) bond motifs is 1. The van der Waals surface area contributed by atoms with Gasteiger partial charge in [-0.2, -0.15) is 0 Å². The van der Waals surface area contributed by atoms with Gasteiger partial charge in [0.1, 0.15) is 0 Å². The molecule has 0 saturated heterocycles. The van der Waals surface area contributed by atoms with E-state index in [4.69, 9.17) is 5.11 Å². The number of halogens is 1. The molecule has 4 heteroatoms. The minimum atomic E-state index is -0.927. The van der Waals surface area contributed by atoms with Gasteiger partial charge in [0, 0.05) is 17.5 Å². The lowest BCUT2D eigenvalue weighted by molar-refractivity contribution is -0.131. The van der Waals surface area contributed by atoms with Crippen LogP contribution in [0.15, 0.2) is 36.6 Å². The first-order chi connectivity index (χ1) is 7.65. The van der Waals surface area contributed by atoms with Crippen molar-refractivity contribution in [2.45, 2.75) is 12.8 Å². The van der Waals surface area contributed by atoms with Crippen LogP contribution in [0, 0.1) is 0 Å². The fraction of sp³-hybridized carbons (Fsp3) is 0.154. The van der Waals surface area contributed by atoms with E-state index in [2.05, 4.69) is 11.9 Å². The standard InChI is InChI=1S/C13H13NO2.ClH/c1-9-2-5-11-8-10(4-7-13(15)16)3-6-12(11)14-9;/h3-4,6-8,14H,1-2,5H2,(H,15,16);1H/b7-4+;. The number of aryl methyl sites for hydroxylation is 1. The molecule has 0 unspecified atom stereocenters. The summed E-state index contributed by atoms with van der Waals surface area (Å²) in [6.45, 7) is 3.89. The average molecular weight is 252 g/mol. The van der Waals surface area contributed by atoms with Crippen LogP contribution in [0.3, 0.4) is 0 Å². The fourth-order valence-electron chi connectivity index (χ4n) is 1.75. The highest BCUT2D eigenvalue weighted by atomic mass is 35.5. The Kier molecular flexibility index (Phi) is 4.35. The van der Waals surface area contributed by atoms with Gasteiger partial charge < -0.3 is 10.4 Å². The molecule has 0 fully saturated rings. The van der Waals surface area contributed by atoms with Crippen LogP contribution in [0.25, 0.3) is 6.08 Å². The Morgan fingerprint density at radius 1 is 1.41 bits per heavy atom. The normalized spacial score (nSPS) is 13.8. The Hall–Kier alpha value is -1.74. The maximum atomic E-state index is 10.4. The van der Waals surface area contributed by atoms with E-state index in [1.165, 1.54) is 5.56 Å². The number of hydrogen-bond acceptors (Lipinski definition) is 2. The van der Waals surface area contributed by atoms with E-state index in [0.717, 1.165) is 35.9 Å². The Labute approximate surface area is 106 Å². The predicted octanol–water partition coefficient (Wildman–Crippen LogP) is 3.08. The summed E-state index contributed by atoms with van der Waals surface area (Å²) < 4.78 is 0. The number of hydrogen-bond donors (Lipinski definition) is 2. The molecule has 0 saturated carbocycles. The summed E-state index contributed by atoms with van der Waals surface area (Å²) in [5, 5.41) is 11.8. The van der Waals surface area contributed by atoms with Gasteiger partial charge in [-0.05, 0) is 42.2 Å². The SMILES string of the molecule is C=C1CCc2cc(/C=C/C(=O)O)ccc2N1.Cl. The number of carbonyl (C=O) groups is 1. The molecule has 2 rings (SSSR count). The first-order valence-corrected chi connectivity index (χ1v) is 5.14. The Morgan fingerprint density at radius 2 is 2.18 bits per heavy atom. The lowest BCUT2D eigenvalue weighted by Gasteiger charge is -2.20. The van der Waals surface area contributed by atoms with Crippen molar-refractivity contribution in [2.24, 2.45) is 0 Å². The molecule has 0 radical (unpaired) electrons. The number of anilines is 1. The lowest BCUT2D eigenvalue weighted by atomic mass is 9.99. The van der Waals surface area contributed by atoms with Gasteiger partial charge in [0.2, 0.25) is 0 Å². The number of benzene rings is 1. The molecule has 1 aromatic rings. The molecule has 0 bridgehead atoms. The van der Waals surface area contributed by atoms with Crippen molar-refractivity contribution in [3.8, 4) is 0 Å². The average Bonchev–Trinajstić information content (AvgIpc) is 2.26. The summed E-state index contributed by atoms with van der Waals surface area (Å²) in [4.78, 5) is 10.4. The summed E-state index contributed by atoms with van der Waals surface area (Å²) in [7, 11) is 0. The van der Waals surface area contributed by atoms with Gasteiger partial charge in [-0.3, -0.25) is 0 Å². The fourth-order valence-corrected chi connectivity index (χ4v) is 1.75. The molecule has 1 aliphatic heterocycles. The van der Waals surface area contributed by atoms with Gasteiger partial charge in [0.15, 0.2) is 0 Å². The topological polar surface area (TPSA) is 49.3 Å². The summed E-state index contributed by atoms with van der Waals surface area (Å²) >= 11 is 0. The van der Waals surface area contributed by atoms with Crippen molar-refractivity contribution in [1.82, 2.24) is 0 Å². The summed E-state index contributed by atoms with van der Waals surface area (Å²) in [5.74, 6) is -0.927. The second-order valence-electron chi connectivity index (χ2n) is 3.82. The molecule has 2 N–H and O–H groups in total. The van der Waals surface area contributed by atoms with E-state index in [1.807, 2.05) is 18.2 Å². The molecule has 0 aromatic heterocycles. The quantitative estimate of drug-likeness (QED) is 0.795. The lowest BCUT2D eigenvalue weighted by Crippen LogP contribution is -2.08. The molecular formula is C13H14ClNO2. The number of carboxylic acid groups (broad SMARTS) is 1. The summed E-state index contributed by atoms with van der Waals surface area (Å²) in [6, 6.07) is 5.86. The van der Waals surface area contributed by atoms with E-state index in [9.17, 15) is 4.79 Å². The molecule has 90 valence electrons. The zero-order valence-corrected chi connectivity index (χ0v) is 10.1. The van der Waals surface area contributed by atoms with E-state index in [0.29, 0.717) is 0 Å². The van der Waals surface area contributed by atoms with E-state index in [-0.39, 0.29) is 12.4 Å². The summed E-state index contributed by atoms with van der Waals surface area (Å²) in [5.41, 5.74) is 4.22. The Morgan fingerprint density at radius 3 is 2.88 bits per heavy atom. The number of allylic oxidation sites excluding steroid dienone is 1. The van der Waals surface area contributed by atoms with Crippen molar-refractivity contribution in [3.63, 3.8) is 0 Å². The van der Waals surface area contributed by atoms with Gasteiger partial charge in [-0.15, -0.1) is 12.4 Å². The van der Waals surface area contributed by atoms with Crippen molar-refractivity contribution >= 4 is 30.1 Å². The van der Waals surface area contributed by atoms with E-state index < -0.39 is 5.97 Å². The van der Waals surface area contributed by atoms with Crippen molar-refractivity contribution in [3.05, 3.63) is 47.7 Å². The van der Waals surface area contributed by atoms with Crippen LogP contribution >= 0.6 is 12.4 Å². The van der Waals surface area contributed by atoms with Crippen molar-refractivity contribution in [2.75, 3.05) is 5.32 Å². The highest BCUT2D eigenvalue weighted by Gasteiger charge is 2.10.